The van der Waals surface area contributed by atoms with E-state index in [4.69, 9.17) is 0 Å². The Kier molecular flexibility index (Phi) is 3.58. The maximum Gasteiger partial charge on any atom is 0.150 e. The topological polar surface area (TPSA) is 46.2 Å². The summed E-state index contributed by atoms with van der Waals surface area (Å²) < 4.78 is 22.8. The molecule has 0 aromatic rings. The molecule has 84 valence electrons. The molecule has 1 heterocycles. The van der Waals surface area contributed by atoms with Gasteiger partial charge < -0.3 is 5.32 Å². The number of hydrogen-bond donors (Lipinski definition) is 1. The third-order valence-electron chi connectivity index (χ3n) is 3.53. The van der Waals surface area contributed by atoms with Gasteiger partial charge in [-0.3, -0.25) is 0 Å². The molecule has 1 N–H and O–H groups in total. The van der Waals surface area contributed by atoms with E-state index in [-0.39, 0.29) is 11.2 Å². The Balaban J connectivity index is 2.51. The van der Waals surface area contributed by atoms with E-state index < -0.39 is 9.84 Å². The van der Waals surface area contributed by atoms with E-state index in [1.165, 1.54) is 0 Å². The molecule has 3 nitrogen and oxygen atoms in total. The minimum atomic E-state index is -2.79. The fourth-order valence-corrected chi connectivity index (χ4v) is 2.83. The van der Waals surface area contributed by atoms with Gasteiger partial charge >= 0.3 is 0 Å². The van der Waals surface area contributed by atoms with Gasteiger partial charge in [-0.15, -0.1) is 0 Å². The van der Waals surface area contributed by atoms with Gasteiger partial charge in [0.15, 0.2) is 0 Å². The molecule has 0 spiro atoms. The molecule has 0 aromatic carbocycles. The van der Waals surface area contributed by atoms with Crippen molar-refractivity contribution in [2.75, 3.05) is 24.6 Å². The van der Waals surface area contributed by atoms with E-state index in [0.29, 0.717) is 11.7 Å². The van der Waals surface area contributed by atoms with Gasteiger partial charge in [-0.2, -0.15) is 0 Å². The van der Waals surface area contributed by atoms with Gasteiger partial charge in [0.25, 0.3) is 0 Å². The largest absolute Gasteiger partial charge is 0.316 e. The van der Waals surface area contributed by atoms with Crippen LogP contribution in [0.2, 0.25) is 0 Å². The summed E-state index contributed by atoms with van der Waals surface area (Å²) in [4.78, 5) is 0. The average Bonchev–Trinajstić information content (AvgIpc) is 2.01. The first-order chi connectivity index (χ1) is 6.42. The molecule has 1 fully saturated rings. The highest BCUT2D eigenvalue weighted by molar-refractivity contribution is 7.91. The van der Waals surface area contributed by atoms with Crippen LogP contribution in [0.1, 0.15) is 27.2 Å². The standard InChI is InChI=1S/C10H21NO2S/c1-4-14(12,13)6-5-10(9(2)3)7-11-8-10/h9,11H,4-8H2,1-3H3. The first-order valence-corrected chi connectivity index (χ1v) is 7.15. The molecule has 0 amide bonds. The molecule has 14 heavy (non-hydrogen) atoms. The third-order valence-corrected chi connectivity index (χ3v) is 5.24. The zero-order chi connectivity index (χ0) is 10.8. The van der Waals surface area contributed by atoms with Crippen LogP contribution in [0.5, 0.6) is 0 Å². The molecule has 4 heteroatoms. The van der Waals surface area contributed by atoms with Crippen LogP contribution in [-0.4, -0.2) is 33.0 Å². The molecule has 0 unspecified atom stereocenters. The highest BCUT2D eigenvalue weighted by Gasteiger charge is 2.40. The lowest BCUT2D eigenvalue weighted by Gasteiger charge is -2.46. The summed E-state index contributed by atoms with van der Waals surface area (Å²) in [5, 5.41) is 3.24. The van der Waals surface area contributed by atoms with Crippen molar-refractivity contribution in [1.82, 2.24) is 5.32 Å². The van der Waals surface area contributed by atoms with Crippen molar-refractivity contribution >= 4 is 9.84 Å². The van der Waals surface area contributed by atoms with Crippen LogP contribution in [-0.2, 0) is 9.84 Å². The van der Waals surface area contributed by atoms with E-state index >= 15 is 0 Å². The van der Waals surface area contributed by atoms with Crippen molar-refractivity contribution < 1.29 is 8.42 Å². The molecule has 1 rings (SSSR count). The van der Waals surface area contributed by atoms with Crippen LogP contribution < -0.4 is 5.32 Å². The Hall–Kier alpha value is -0.0900. The summed E-state index contributed by atoms with van der Waals surface area (Å²) >= 11 is 0. The van der Waals surface area contributed by atoms with Crippen LogP contribution in [0.3, 0.4) is 0 Å². The molecule has 1 aliphatic rings. The van der Waals surface area contributed by atoms with Crippen molar-refractivity contribution in [3.05, 3.63) is 0 Å². The predicted octanol–water partition coefficient (Wildman–Crippen LogP) is 1.06. The maximum absolute atomic E-state index is 11.4. The first kappa shape index (κ1) is 12.0. The van der Waals surface area contributed by atoms with Gasteiger partial charge in [0, 0.05) is 18.8 Å². The van der Waals surface area contributed by atoms with Gasteiger partial charge in [-0.05, 0) is 17.8 Å². The van der Waals surface area contributed by atoms with Crippen molar-refractivity contribution in [2.45, 2.75) is 27.2 Å². The summed E-state index contributed by atoms with van der Waals surface area (Å²) in [6.07, 6.45) is 0.813. The zero-order valence-electron chi connectivity index (χ0n) is 9.34. The van der Waals surface area contributed by atoms with Gasteiger partial charge in [0.2, 0.25) is 0 Å². The Morgan fingerprint density at radius 2 is 1.93 bits per heavy atom. The highest BCUT2D eigenvalue weighted by atomic mass is 32.2. The molecular formula is C10H21NO2S. The zero-order valence-corrected chi connectivity index (χ0v) is 10.2. The molecular weight excluding hydrogens is 198 g/mol. The van der Waals surface area contributed by atoms with Gasteiger partial charge in [0.1, 0.15) is 9.84 Å². The summed E-state index contributed by atoms with van der Waals surface area (Å²) in [5.41, 5.74) is 0.238. The lowest BCUT2D eigenvalue weighted by Crippen LogP contribution is -2.57. The second-order valence-electron chi connectivity index (χ2n) is 4.61. The normalized spacial score (nSPS) is 20.9. The minimum Gasteiger partial charge on any atom is -0.316 e. The lowest BCUT2D eigenvalue weighted by atomic mass is 9.70. The molecule has 0 radical (unpaired) electrons. The summed E-state index contributed by atoms with van der Waals surface area (Å²) in [5.74, 6) is 1.19. The average molecular weight is 219 g/mol. The van der Waals surface area contributed by atoms with Crippen LogP contribution >= 0.6 is 0 Å². The Bertz CT molecular complexity index is 278. The summed E-state index contributed by atoms with van der Waals surface area (Å²) in [7, 11) is -2.79. The number of sulfone groups is 1. The Labute approximate surface area is 87.2 Å². The minimum absolute atomic E-state index is 0.238. The van der Waals surface area contributed by atoms with E-state index in [9.17, 15) is 8.42 Å². The molecule has 0 aromatic heterocycles. The van der Waals surface area contributed by atoms with Crippen molar-refractivity contribution in [3.8, 4) is 0 Å². The monoisotopic (exact) mass is 219 g/mol. The number of nitrogens with one attached hydrogen (secondary N) is 1. The molecule has 1 aliphatic heterocycles. The highest BCUT2D eigenvalue weighted by Crippen LogP contribution is 2.35. The van der Waals surface area contributed by atoms with Gasteiger partial charge in [-0.1, -0.05) is 20.8 Å². The molecule has 0 bridgehead atoms. The molecule has 0 atom stereocenters. The fraction of sp³-hybridized carbons (Fsp3) is 1.00. The van der Waals surface area contributed by atoms with Crippen molar-refractivity contribution in [2.24, 2.45) is 11.3 Å². The fourth-order valence-electron chi connectivity index (χ4n) is 1.82. The van der Waals surface area contributed by atoms with Gasteiger partial charge in [0.05, 0.1) is 5.75 Å². The van der Waals surface area contributed by atoms with Crippen LogP contribution in [0, 0.1) is 11.3 Å². The second-order valence-corrected chi connectivity index (χ2v) is 7.08. The smallest absolute Gasteiger partial charge is 0.150 e. The lowest BCUT2D eigenvalue weighted by molar-refractivity contribution is 0.0950. The predicted molar refractivity (Wildman–Crippen MR) is 59.1 cm³/mol. The van der Waals surface area contributed by atoms with Crippen LogP contribution in [0.25, 0.3) is 0 Å². The molecule has 0 aliphatic carbocycles. The molecule has 0 saturated carbocycles. The van der Waals surface area contributed by atoms with E-state index in [0.717, 1.165) is 19.5 Å². The Morgan fingerprint density at radius 3 is 2.21 bits per heavy atom. The Morgan fingerprint density at radius 1 is 1.36 bits per heavy atom. The maximum atomic E-state index is 11.4. The van der Waals surface area contributed by atoms with Crippen LogP contribution in [0.15, 0.2) is 0 Å². The van der Waals surface area contributed by atoms with Crippen LogP contribution in [0.4, 0.5) is 0 Å². The van der Waals surface area contributed by atoms with Gasteiger partial charge in [-0.25, -0.2) is 8.42 Å². The first-order valence-electron chi connectivity index (χ1n) is 5.33. The molecule has 1 saturated heterocycles. The quantitative estimate of drug-likeness (QED) is 0.752. The SMILES string of the molecule is CCS(=O)(=O)CCC1(C(C)C)CNC1. The number of rotatable bonds is 5. The van der Waals surface area contributed by atoms with E-state index in [1.807, 2.05) is 0 Å². The van der Waals surface area contributed by atoms with E-state index in [1.54, 1.807) is 6.92 Å². The summed E-state index contributed by atoms with van der Waals surface area (Å²) in [6.45, 7) is 8.03. The number of hydrogen-bond acceptors (Lipinski definition) is 3. The van der Waals surface area contributed by atoms with Crippen molar-refractivity contribution in [3.63, 3.8) is 0 Å². The van der Waals surface area contributed by atoms with Crippen molar-refractivity contribution in [1.29, 1.82) is 0 Å². The third kappa shape index (κ3) is 2.48. The van der Waals surface area contributed by atoms with E-state index in [2.05, 4.69) is 19.2 Å². The second kappa shape index (κ2) is 4.19. The summed E-state index contributed by atoms with van der Waals surface area (Å²) in [6, 6.07) is 0.